The van der Waals surface area contributed by atoms with Gasteiger partial charge in [0, 0.05) is 13.1 Å². The molecule has 0 aliphatic heterocycles. The lowest BCUT2D eigenvalue weighted by Gasteiger charge is -2.24. The molecule has 3 aromatic rings. The third-order valence-electron chi connectivity index (χ3n) is 4.87. The normalized spacial score (nSPS) is 12.7. The monoisotopic (exact) mass is 422 g/mol. The predicted octanol–water partition coefficient (Wildman–Crippen LogP) is 3.81. The number of alkyl carbamates (subject to hydrolysis) is 1. The van der Waals surface area contributed by atoms with Gasteiger partial charge < -0.3 is 20.5 Å². The number of aliphatic hydroxyl groups is 1. The summed E-state index contributed by atoms with van der Waals surface area (Å²) in [5.41, 5.74) is 2.79. The molecule has 2 atom stereocenters. The Balaban J connectivity index is 1.55. The average molecular weight is 423 g/mol. The lowest BCUT2D eigenvalue weighted by Crippen LogP contribution is -2.48. The first-order chi connectivity index (χ1) is 15.1. The summed E-state index contributed by atoms with van der Waals surface area (Å²) in [6, 6.07) is 24.7. The van der Waals surface area contributed by atoms with Gasteiger partial charge in [-0.15, -0.1) is 0 Å². The van der Waals surface area contributed by atoms with Crippen molar-refractivity contribution in [3.05, 3.63) is 107 Å². The minimum Gasteiger partial charge on any atom is -0.445 e. The first-order valence-electron chi connectivity index (χ1n) is 10.2. The Labute approximate surface area is 181 Å². The smallest absolute Gasteiger partial charge is 0.407 e. The fourth-order valence-electron chi connectivity index (χ4n) is 3.18. The average Bonchev–Trinajstić information content (AvgIpc) is 2.80. The molecule has 0 saturated carbocycles. The van der Waals surface area contributed by atoms with Crippen molar-refractivity contribution in [3.8, 4) is 0 Å². The maximum atomic E-state index is 13.0. The van der Waals surface area contributed by atoms with Crippen molar-refractivity contribution >= 4 is 6.09 Å². The number of benzene rings is 3. The third kappa shape index (κ3) is 7.85. The molecule has 0 spiro atoms. The van der Waals surface area contributed by atoms with E-state index < -0.39 is 18.2 Å². The largest absolute Gasteiger partial charge is 0.445 e. The van der Waals surface area contributed by atoms with E-state index in [0.717, 1.165) is 16.7 Å². The molecule has 0 aliphatic carbocycles. The number of nitrogens with one attached hydrogen (secondary N) is 2. The van der Waals surface area contributed by atoms with Crippen LogP contribution in [-0.4, -0.2) is 29.9 Å². The molecule has 3 rings (SSSR count). The summed E-state index contributed by atoms with van der Waals surface area (Å²) in [5.74, 6) is -0.287. The molecule has 6 heteroatoms. The van der Waals surface area contributed by atoms with Crippen molar-refractivity contribution in [1.82, 2.24) is 10.6 Å². The molecule has 0 saturated heterocycles. The maximum Gasteiger partial charge on any atom is 0.407 e. The van der Waals surface area contributed by atoms with E-state index in [1.807, 2.05) is 60.7 Å². The fraction of sp³-hybridized carbons (Fsp3) is 0.240. The molecule has 0 unspecified atom stereocenters. The number of aliphatic hydroxyl groups excluding tert-OH is 1. The van der Waals surface area contributed by atoms with Crippen molar-refractivity contribution in [1.29, 1.82) is 0 Å². The molecular weight excluding hydrogens is 395 g/mol. The maximum absolute atomic E-state index is 13.0. The Kier molecular flexibility index (Phi) is 8.58. The standard InChI is InChI=1S/C25H27FN2O3/c26-22-13-11-20(12-14-22)16-27-17-24(29)23(15-19-7-3-1-4-8-19)28-25(30)31-18-21-9-5-2-6-10-21/h1-14,23-24,27,29H,15-18H2,(H,28,30)/t23-,24+/m0/s1. The zero-order valence-corrected chi connectivity index (χ0v) is 17.2. The lowest BCUT2D eigenvalue weighted by molar-refractivity contribution is 0.100. The second kappa shape index (κ2) is 11.8. The summed E-state index contributed by atoms with van der Waals surface area (Å²) in [7, 11) is 0. The molecule has 3 N–H and O–H groups in total. The van der Waals surface area contributed by atoms with Crippen molar-refractivity contribution < 1.29 is 19.0 Å². The molecule has 1 amide bonds. The minimum atomic E-state index is -0.843. The zero-order chi connectivity index (χ0) is 21.9. The number of hydrogen-bond acceptors (Lipinski definition) is 4. The molecular formula is C25H27FN2O3. The van der Waals surface area contributed by atoms with Crippen LogP contribution in [0, 0.1) is 5.82 Å². The number of carbonyl (C=O) groups excluding carboxylic acids is 1. The summed E-state index contributed by atoms with van der Waals surface area (Å²) in [6.07, 6.45) is -0.965. The van der Waals surface area contributed by atoms with E-state index in [1.165, 1.54) is 12.1 Å². The van der Waals surface area contributed by atoms with Crippen molar-refractivity contribution in [2.75, 3.05) is 6.54 Å². The number of amides is 1. The van der Waals surface area contributed by atoms with Gasteiger partial charge in [0.2, 0.25) is 0 Å². The highest BCUT2D eigenvalue weighted by molar-refractivity contribution is 5.67. The van der Waals surface area contributed by atoms with E-state index in [4.69, 9.17) is 4.74 Å². The Morgan fingerprint density at radius 1 is 0.871 bits per heavy atom. The van der Waals surface area contributed by atoms with Crippen molar-refractivity contribution in [2.45, 2.75) is 31.7 Å². The number of rotatable bonds is 10. The third-order valence-corrected chi connectivity index (χ3v) is 4.87. The quantitative estimate of drug-likeness (QED) is 0.465. The second-order valence-electron chi connectivity index (χ2n) is 7.33. The first-order valence-corrected chi connectivity index (χ1v) is 10.2. The van der Waals surface area contributed by atoms with Crippen LogP contribution in [0.15, 0.2) is 84.9 Å². The van der Waals surface area contributed by atoms with Crippen LogP contribution in [0.3, 0.4) is 0 Å². The van der Waals surface area contributed by atoms with Crippen LogP contribution >= 0.6 is 0 Å². The highest BCUT2D eigenvalue weighted by Crippen LogP contribution is 2.08. The van der Waals surface area contributed by atoms with Gasteiger partial charge in [-0.25, -0.2) is 9.18 Å². The zero-order valence-electron chi connectivity index (χ0n) is 17.2. The predicted molar refractivity (Wildman–Crippen MR) is 118 cm³/mol. The molecule has 5 nitrogen and oxygen atoms in total. The van der Waals surface area contributed by atoms with E-state index in [-0.39, 0.29) is 19.0 Å². The summed E-state index contributed by atoms with van der Waals surface area (Å²) in [4.78, 5) is 12.3. The Hall–Kier alpha value is -3.22. The molecule has 0 fully saturated rings. The van der Waals surface area contributed by atoms with Gasteiger partial charge in [-0.1, -0.05) is 72.8 Å². The number of halogens is 1. The van der Waals surface area contributed by atoms with Gasteiger partial charge in [0.15, 0.2) is 0 Å². The van der Waals surface area contributed by atoms with Gasteiger partial charge in [0.1, 0.15) is 12.4 Å². The van der Waals surface area contributed by atoms with Gasteiger partial charge in [-0.3, -0.25) is 0 Å². The molecule has 0 radical (unpaired) electrons. The topological polar surface area (TPSA) is 70.6 Å². The van der Waals surface area contributed by atoms with Crippen LogP contribution in [0.4, 0.5) is 9.18 Å². The van der Waals surface area contributed by atoms with Gasteiger partial charge >= 0.3 is 6.09 Å². The Morgan fingerprint density at radius 3 is 2.13 bits per heavy atom. The van der Waals surface area contributed by atoms with Crippen LogP contribution < -0.4 is 10.6 Å². The molecule has 3 aromatic carbocycles. The first kappa shape index (κ1) is 22.5. The van der Waals surface area contributed by atoms with Crippen molar-refractivity contribution in [2.24, 2.45) is 0 Å². The SMILES string of the molecule is O=C(N[C@@H](Cc1ccccc1)[C@H](O)CNCc1ccc(F)cc1)OCc1ccccc1. The van der Waals surface area contributed by atoms with E-state index in [0.29, 0.717) is 13.0 Å². The Morgan fingerprint density at radius 2 is 1.48 bits per heavy atom. The second-order valence-corrected chi connectivity index (χ2v) is 7.33. The molecule has 0 aromatic heterocycles. The summed E-state index contributed by atoms with van der Waals surface area (Å²) in [5, 5.41) is 16.7. The molecule has 162 valence electrons. The van der Waals surface area contributed by atoms with Gasteiger partial charge in [-0.05, 0) is 35.2 Å². The van der Waals surface area contributed by atoms with Gasteiger partial charge in [0.05, 0.1) is 12.1 Å². The fourth-order valence-corrected chi connectivity index (χ4v) is 3.18. The number of hydrogen-bond donors (Lipinski definition) is 3. The van der Waals surface area contributed by atoms with Crippen LogP contribution in [0.5, 0.6) is 0 Å². The van der Waals surface area contributed by atoms with Gasteiger partial charge in [0.25, 0.3) is 0 Å². The lowest BCUT2D eigenvalue weighted by atomic mass is 10.0. The summed E-state index contributed by atoms with van der Waals surface area (Å²) < 4.78 is 18.3. The van der Waals surface area contributed by atoms with Crippen LogP contribution in [0.25, 0.3) is 0 Å². The number of ether oxygens (including phenoxy) is 1. The van der Waals surface area contributed by atoms with Crippen molar-refractivity contribution in [3.63, 3.8) is 0 Å². The summed E-state index contributed by atoms with van der Waals surface area (Å²) >= 11 is 0. The van der Waals surface area contributed by atoms with E-state index >= 15 is 0 Å². The number of carbonyl (C=O) groups is 1. The summed E-state index contributed by atoms with van der Waals surface area (Å²) in [6.45, 7) is 0.894. The molecule has 0 bridgehead atoms. The van der Waals surface area contributed by atoms with Crippen LogP contribution in [0.1, 0.15) is 16.7 Å². The molecule has 0 heterocycles. The van der Waals surface area contributed by atoms with E-state index in [9.17, 15) is 14.3 Å². The van der Waals surface area contributed by atoms with Gasteiger partial charge in [-0.2, -0.15) is 0 Å². The molecule has 31 heavy (non-hydrogen) atoms. The Bertz CT molecular complexity index is 921. The van der Waals surface area contributed by atoms with Crippen LogP contribution in [0.2, 0.25) is 0 Å². The molecule has 0 aliphatic rings. The highest BCUT2D eigenvalue weighted by Gasteiger charge is 2.22. The minimum absolute atomic E-state index is 0.156. The van der Waals surface area contributed by atoms with Crippen LogP contribution in [-0.2, 0) is 24.3 Å². The van der Waals surface area contributed by atoms with E-state index in [1.54, 1.807) is 12.1 Å². The van der Waals surface area contributed by atoms with E-state index in [2.05, 4.69) is 10.6 Å². The highest BCUT2D eigenvalue weighted by atomic mass is 19.1.